The minimum absolute atomic E-state index is 0.223. The molecule has 0 N–H and O–H groups in total. The van der Waals surface area contributed by atoms with E-state index in [1.807, 2.05) is 38.1 Å². The Balaban J connectivity index is 2.05. The highest BCUT2D eigenvalue weighted by Crippen LogP contribution is 2.31. The average Bonchev–Trinajstić information content (AvgIpc) is 3.14. The number of rotatable bonds is 6. The van der Waals surface area contributed by atoms with Gasteiger partial charge >= 0.3 is 5.97 Å². The van der Waals surface area contributed by atoms with E-state index in [9.17, 15) is 4.79 Å². The van der Waals surface area contributed by atoms with Gasteiger partial charge in [-0.15, -0.1) is 0 Å². The van der Waals surface area contributed by atoms with Crippen LogP contribution in [-0.4, -0.2) is 34.8 Å². The standard InChI is InChI=1S/C18H19N3O4S/c1-11-7-5-6-8-15(11)25-10-14-16(13(9-23-3)17(22)24-4)26-18-19-12(2)20-21(14)18/h5-9H,10H2,1-4H3/b13-9+. The zero-order chi connectivity index (χ0) is 18.7. The molecule has 0 saturated carbocycles. The van der Waals surface area contributed by atoms with Gasteiger partial charge in [-0.1, -0.05) is 29.5 Å². The second-order valence-electron chi connectivity index (χ2n) is 5.54. The Morgan fingerprint density at radius 1 is 1.27 bits per heavy atom. The third kappa shape index (κ3) is 3.41. The molecule has 0 saturated heterocycles. The Morgan fingerprint density at radius 2 is 2.04 bits per heavy atom. The molecule has 2 heterocycles. The topological polar surface area (TPSA) is 75.0 Å². The van der Waals surface area contributed by atoms with E-state index in [0.717, 1.165) is 11.3 Å². The van der Waals surface area contributed by atoms with Crippen LogP contribution in [0.5, 0.6) is 5.75 Å². The summed E-state index contributed by atoms with van der Waals surface area (Å²) in [4.78, 5) is 17.9. The number of esters is 1. The number of nitrogens with zero attached hydrogens (tertiary/aromatic N) is 3. The van der Waals surface area contributed by atoms with Crippen molar-refractivity contribution in [3.8, 4) is 5.75 Å². The summed E-state index contributed by atoms with van der Waals surface area (Å²) in [5, 5.41) is 4.41. The molecular weight excluding hydrogens is 354 g/mol. The van der Waals surface area contributed by atoms with Gasteiger partial charge in [0.25, 0.3) is 0 Å². The SMILES string of the molecule is CO/C=C(/C(=O)OC)c1sc2nc(C)nn2c1COc1ccccc1C. The van der Waals surface area contributed by atoms with E-state index < -0.39 is 5.97 Å². The maximum atomic E-state index is 12.2. The van der Waals surface area contributed by atoms with Crippen molar-refractivity contribution in [3.63, 3.8) is 0 Å². The van der Waals surface area contributed by atoms with Crippen molar-refractivity contribution in [1.82, 2.24) is 14.6 Å². The highest BCUT2D eigenvalue weighted by Gasteiger charge is 2.24. The van der Waals surface area contributed by atoms with Gasteiger partial charge in [0.1, 0.15) is 29.4 Å². The summed E-state index contributed by atoms with van der Waals surface area (Å²) >= 11 is 1.34. The van der Waals surface area contributed by atoms with Crippen LogP contribution >= 0.6 is 11.3 Å². The molecule has 0 unspecified atom stereocenters. The number of hydrogen-bond donors (Lipinski definition) is 0. The van der Waals surface area contributed by atoms with E-state index in [1.165, 1.54) is 31.8 Å². The number of aryl methyl sites for hydroxylation is 2. The molecule has 3 aromatic rings. The van der Waals surface area contributed by atoms with Crippen LogP contribution in [0.15, 0.2) is 30.5 Å². The Bertz CT molecular complexity index is 974. The molecule has 3 rings (SSSR count). The number of aromatic nitrogens is 3. The lowest BCUT2D eigenvalue weighted by atomic mass is 10.2. The number of carbonyl (C=O) groups excluding carboxylic acids is 1. The number of hydrogen-bond acceptors (Lipinski definition) is 7. The molecule has 0 aliphatic rings. The minimum atomic E-state index is -0.495. The zero-order valence-electron chi connectivity index (χ0n) is 15.0. The Hall–Kier alpha value is -2.87. The summed E-state index contributed by atoms with van der Waals surface area (Å²) in [5.74, 6) is 0.922. The molecule has 0 aliphatic carbocycles. The van der Waals surface area contributed by atoms with Gasteiger partial charge in [0.05, 0.1) is 25.4 Å². The summed E-state index contributed by atoms with van der Waals surface area (Å²) in [6.07, 6.45) is 1.36. The van der Waals surface area contributed by atoms with Gasteiger partial charge in [-0.3, -0.25) is 0 Å². The minimum Gasteiger partial charge on any atom is -0.503 e. The molecule has 8 heteroatoms. The fourth-order valence-electron chi connectivity index (χ4n) is 2.51. The quantitative estimate of drug-likeness (QED) is 0.375. The molecule has 136 valence electrons. The summed E-state index contributed by atoms with van der Waals surface area (Å²) in [6, 6.07) is 7.74. The maximum absolute atomic E-state index is 12.2. The number of para-hydroxylation sites is 1. The molecule has 0 spiro atoms. The van der Waals surface area contributed by atoms with Crippen molar-refractivity contribution in [2.45, 2.75) is 20.5 Å². The highest BCUT2D eigenvalue weighted by molar-refractivity contribution is 7.18. The molecular formula is C18H19N3O4S. The first kappa shape index (κ1) is 17.9. The molecule has 1 aromatic carbocycles. The van der Waals surface area contributed by atoms with E-state index in [4.69, 9.17) is 14.2 Å². The van der Waals surface area contributed by atoms with Gasteiger partial charge < -0.3 is 14.2 Å². The van der Waals surface area contributed by atoms with Gasteiger partial charge in [-0.25, -0.2) is 14.3 Å². The van der Waals surface area contributed by atoms with Gasteiger partial charge in [0.2, 0.25) is 4.96 Å². The Kier molecular flexibility index (Phi) is 5.22. The van der Waals surface area contributed by atoms with E-state index in [2.05, 4.69) is 10.1 Å². The van der Waals surface area contributed by atoms with Crippen molar-refractivity contribution in [3.05, 3.63) is 52.5 Å². The normalized spacial score (nSPS) is 11.6. The number of thiazole rings is 1. The average molecular weight is 373 g/mol. The van der Waals surface area contributed by atoms with Crippen LogP contribution in [0.2, 0.25) is 0 Å². The van der Waals surface area contributed by atoms with Crippen molar-refractivity contribution < 1.29 is 19.0 Å². The highest BCUT2D eigenvalue weighted by atomic mass is 32.1. The molecule has 0 fully saturated rings. The van der Waals surface area contributed by atoms with Crippen LogP contribution in [0, 0.1) is 13.8 Å². The van der Waals surface area contributed by atoms with Crippen LogP contribution in [0.4, 0.5) is 0 Å². The number of methoxy groups -OCH3 is 2. The van der Waals surface area contributed by atoms with Gasteiger partial charge in [-0.05, 0) is 25.5 Å². The lowest BCUT2D eigenvalue weighted by Crippen LogP contribution is -2.09. The third-order valence-corrected chi connectivity index (χ3v) is 4.84. The van der Waals surface area contributed by atoms with Crippen molar-refractivity contribution in [1.29, 1.82) is 0 Å². The lowest BCUT2D eigenvalue weighted by molar-refractivity contribution is -0.133. The fraction of sp³-hybridized carbons (Fsp3) is 0.278. The second kappa shape index (κ2) is 7.57. The number of fused-ring (bicyclic) bond motifs is 1. The summed E-state index contributed by atoms with van der Waals surface area (Å²) < 4.78 is 17.6. The number of carbonyl (C=O) groups is 1. The van der Waals surface area contributed by atoms with Crippen molar-refractivity contribution in [2.75, 3.05) is 14.2 Å². The van der Waals surface area contributed by atoms with E-state index >= 15 is 0 Å². The van der Waals surface area contributed by atoms with E-state index in [-0.39, 0.29) is 6.61 Å². The molecule has 0 amide bonds. The smallest absolute Gasteiger partial charge is 0.342 e. The van der Waals surface area contributed by atoms with Crippen molar-refractivity contribution in [2.24, 2.45) is 0 Å². The first-order valence-electron chi connectivity index (χ1n) is 7.90. The first-order chi connectivity index (χ1) is 12.5. The second-order valence-corrected chi connectivity index (χ2v) is 6.52. The zero-order valence-corrected chi connectivity index (χ0v) is 15.8. The van der Waals surface area contributed by atoms with E-state index in [0.29, 0.717) is 26.9 Å². The number of benzene rings is 1. The van der Waals surface area contributed by atoms with Crippen LogP contribution in [0.3, 0.4) is 0 Å². The van der Waals surface area contributed by atoms with Gasteiger partial charge in [0.15, 0.2) is 0 Å². The van der Waals surface area contributed by atoms with E-state index in [1.54, 1.807) is 4.52 Å². The summed E-state index contributed by atoms with van der Waals surface area (Å²) in [6.45, 7) is 4.02. The molecule has 2 aromatic heterocycles. The Labute approximate surface area is 154 Å². The molecule has 0 bridgehead atoms. The Morgan fingerprint density at radius 3 is 2.73 bits per heavy atom. The largest absolute Gasteiger partial charge is 0.503 e. The van der Waals surface area contributed by atoms with Crippen LogP contribution in [-0.2, 0) is 20.9 Å². The first-order valence-corrected chi connectivity index (χ1v) is 8.72. The monoisotopic (exact) mass is 373 g/mol. The molecule has 26 heavy (non-hydrogen) atoms. The molecule has 0 radical (unpaired) electrons. The van der Waals surface area contributed by atoms with Crippen LogP contribution < -0.4 is 4.74 Å². The number of ether oxygens (including phenoxy) is 3. The third-order valence-electron chi connectivity index (χ3n) is 3.74. The van der Waals surface area contributed by atoms with Crippen LogP contribution in [0.25, 0.3) is 10.5 Å². The van der Waals surface area contributed by atoms with Crippen molar-refractivity contribution >= 4 is 27.8 Å². The van der Waals surface area contributed by atoms with Gasteiger partial charge in [0, 0.05) is 0 Å². The summed E-state index contributed by atoms with van der Waals surface area (Å²) in [5.41, 5.74) is 2.03. The fourth-order valence-corrected chi connectivity index (χ4v) is 3.61. The van der Waals surface area contributed by atoms with Crippen LogP contribution in [0.1, 0.15) is 22.0 Å². The molecule has 7 nitrogen and oxygen atoms in total. The molecule has 0 atom stereocenters. The van der Waals surface area contributed by atoms with Gasteiger partial charge in [-0.2, -0.15) is 5.10 Å². The summed E-state index contributed by atoms with van der Waals surface area (Å²) in [7, 11) is 2.81. The maximum Gasteiger partial charge on any atom is 0.342 e. The molecule has 0 aliphatic heterocycles. The predicted molar refractivity (Wildman–Crippen MR) is 98.1 cm³/mol. The lowest BCUT2D eigenvalue weighted by Gasteiger charge is -2.10. The predicted octanol–water partition coefficient (Wildman–Crippen LogP) is 3.15.